The minimum absolute atomic E-state index is 0.261. The highest BCUT2D eigenvalue weighted by atomic mass is 19.4. The highest BCUT2D eigenvalue weighted by molar-refractivity contribution is 5.78. The van der Waals surface area contributed by atoms with Gasteiger partial charge in [0.2, 0.25) is 5.76 Å². The summed E-state index contributed by atoms with van der Waals surface area (Å²) >= 11 is 0. The second-order valence-electron chi connectivity index (χ2n) is 9.87. The Morgan fingerprint density at radius 3 is 1.82 bits per heavy atom. The van der Waals surface area contributed by atoms with Crippen molar-refractivity contribution in [1.29, 1.82) is 0 Å². The van der Waals surface area contributed by atoms with E-state index in [1.54, 1.807) is 19.1 Å². The molecule has 1 atom stereocenters. The molecule has 0 aromatic heterocycles. The molecule has 0 aliphatic carbocycles. The van der Waals surface area contributed by atoms with Crippen molar-refractivity contribution in [3.63, 3.8) is 0 Å². The first-order chi connectivity index (χ1) is 16.1. The van der Waals surface area contributed by atoms with Gasteiger partial charge in [-0.3, -0.25) is 4.79 Å². The number of hydrogen-bond acceptors (Lipinski definition) is 2. The van der Waals surface area contributed by atoms with Crippen LogP contribution in [0, 0.1) is 5.92 Å². The molecule has 1 aromatic carbocycles. The number of unbranched alkanes of at least 4 members (excludes halogenated alkanes) is 11. The molecule has 0 saturated heterocycles. The van der Waals surface area contributed by atoms with E-state index in [-0.39, 0.29) is 6.42 Å². The van der Waals surface area contributed by atoms with Crippen molar-refractivity contribution in [3.05, 3.63) is 47.2 Å². The predicted molar refractivity (Wildman–Crippen MR) is 135 cm³/mol. The predicted octanol–water partition coefficient (Wildman–Crippen LogP) is 9.68. The summed E-state index contributed by atoms with van der Waals surface area (Å²) in [7, 11) is 0. The van der Waals surface area contributed by atoms with E-state index < -0.39 is 23.8 Å². The van der Waals surface area contributed by atoms with E-state index in [1.807, 2.05) is 12.1 Å². The molecule has 0 amide bonds. The number of halogens is 3. The van der Waals surface area contributed by atoms with Crippen LogP contribution in [0.3, 0.4) is 0 Å². The Morgan fingerprint density at radius 1 is 0.853 bits per heavy atom. The zero-order valence-corrected chi connectivity index (χ0v) is 21.7. The number of esters is 1. The molecule has 0 radical (unpaired) electrons. The fourth-order valence-electron chi connectivity index (χ4n) is 4.00. The second-order valence-corrected chi connectivity index (χ2v) is 9.87. The largest absolute Gasteiger partial charge is 0.449 e. The van der Waals surface area contributed by atoms with E-state index in [0.717, 1.165) is 37.3 Å². The van der Waals surface area contributed by atoms with Crippen molar-refractivity contribution in [1.82, 2.24) is 0 Å². The number of ether oxygens (including phenoxy) is 1. The van der Waals surface area contributed by atoms with Crippen LogP contribution in [0.1, 0.15) is 122 Å². The third-order valence-corrected chi connectivity index (χ3v) is 6.10. The maximum absolute atomic E-state index is 13.4. The number of alkyl halides is 3. The number of benzene rings is 1. The summed E-state index contributed by atoms with van der Waals surface area (Å²) in [6.45, 7) is 8.03. The Morgan fingerprint density at radius 2 is 1.35 bits per heavy atom. The highest BCUT2D eigenvalue weighted by Gasteiger charge is 2.38. The van der Waals surface area contributed by atoms with E-state index in [4.69, 9.17) is 4.74 Å². The lowest BCUT2D eigenvalue weighted by Crippen LogP contribution is -2.21. The monoisotopic (exact) mass is 482 g/mol. The van der Waals surface area contributed by atoms with Crippen LogP contribution < -0.4 is 0 Å². The molecule has 0 bridgehead atoms. The van der Waals surface area contributed by atoms with Crippen molar-refractivity contribution >= 4 is 5.97 Å². The average molecular weight is 483 g/mol. The second kappa shape index (κ2) is 16.8. The number of rotatable bonds is 17. The summed E-state index contributed by atoms with van der Waals surface area (Å²) in [5.74, 6) is -2.32. The van der Waals surface area contributed by atoms with Crippen LogP contribution in [0.2, 0.25) is 0 Å². The fourth-order valence-corrected chi connectivity index (χ4v) is 4.00. The zero-order chi connectivity index (χ0) is 25.4. The molecular formula is C29H45F3O2. The van der Waals surface area contributed by atoms with Gasteiger partial charge < -0.3 is 4.74 Å². The van der Waals surface area contributed by atoms with E-state index in [9.17, 15) is 18.0 Å². The molecule has 2 nitrogen and oxygen atoms in total. The molecule has 194 valence electrons. The highest BCUT2D eigenvalue weighted by Crippen LogP contribution is 2.30. The first kappa shape index (κ1) is 30.3. The number of carbonyl (C=O) groups excluding carboxylic acids is 1. The molecule has 0 aliphatic rings. The summed E-state index contributed by atoms with van der Waals surface area (Å²) in [6.07, 6.45) is 10.2. The van der Waals surface area contributed by atoms with Crippen LogP contribution in [0.5, 0.6) is 0 Å². The Bertz CT molecular complexity index is 705. The van der Waals surface area contributed by atoms with Crippen LogP contribution in [0.15, 0.2) is 36.1 Å². The van der Waals surface area contributed by atoms with Gasteiger partial charge in [-0.1, -0.05) is 109 Å². The first-order valence-electron chi connectivity index (χ1n) is 13.2. The first-order valence-corrected chi connectivity index (χ1v) is 13.2. The van der Waals surface area contributed by atoms with Crippen molar-refractivity contribution in [2.75, 3.05) is 0 Å². The minimum atomic E-state index is -4.67. The summed E-state index contributed by atoms with van der Waals surface area (Å²) in [4.78, 5) is 12.4. The lowest BCUT2D eigenvalue weighted by Gasteiger charge is -2.16. The average Bonchev–Trinajstić information content (AvgIpc) is 2.77. The molecule has 0 saturated carbocycles. The Kier molecular flexibility index (Phi) is 14.9. The van der Waals surface area contributed by atoms with Gasteiger partial charge in [0, 0.05) is 0 Å². The van der Waals surface area contributed by atoms with Gasteiger partial charge >= 0.3 is 12.1 Å². The van der Waals surface area contributed by atoms with Gasteiger partial charge in [0.05, 0.1) is 5.92 Å². The lowest BCUT2D eigenvalue weighted by molar-refractivity contribution is -0.161. The third-order valence-electron chi connectivity index (χ3n) is 6.10. The van der Waals surface area contributed by atoms with Gasteiger partial charge in [0.25, 0.3) is 0 Å². The van der Waals surface area contributed by atoms with Crippen molar-refractivity contribution < 1.29 is 22.7 Å². The van der Waals surface area contributed by atoms with Crippen molar-refractivity contribution in [2.24, 2.45) is 5.92 Å². The zero-order valence-electron chi connectivity index (χ0n) is 21.7. The summed E-state index contributed by atoms with van der Waals surface area (Å²) in [5, 5.41) is 0. The Balaban J connectivity index is 2.42. The molecule has 5 heteroatoms. The number of carbonyl (C=O) groups is 1. The Hall–Kier alpha value is -1.78. The standard InChI is InChI=1S/C29H45F3O2/c1-5-6-7-8-9-10-11-12-13-14-15-16-17-27(29(30,31)32)34-28(33)24(4)26-20-18-25(19-21-26)22-23(2)3/h17-21,23-24H,5-16,22H2,1-4H3/b27-17+. The molecule has 34 heavy (non-hydrogen) atoms. The summed E-state index contributed by atoms with van der Waals surface area (Å²) < 4.78 is 45.0. The topological polar surface area (TPSA) is 26.3 Å². The van der Waals surface area contributed by atoms with E-state index in [0.29, 0.717) is 17.9 Å². The van der Waals surface area contributed by atoms with Gasteiger partial charge in [-0.05, 0) is 49.3 Å². The SMILES string of the molecule is CCCCCCCCCCCCC/C=C(/OC(=O)C(C)c1ccc(CC(C)C)cc1)C(F)(F)F. The van der Waals surface area contributed by atoms with Gasteiger partial charge in [0.15, 0.2) is 0 Å². The van der Waals surface area contributed by atoms with Gasteiger partial charge in [-0.25, -0.2) is 0 Å². The molecule has 1 aromatic rings. The summed E-state index contributed by atoms with van der Waals surface area (Å²) in [6, 6.07) is 7.44. The molecule has 1 unspecified atom stereocenters. The quantitative estimate of drug-likeness (QED) is 0.125. The van der Waals surface area contributed by atoms with E-state index >= 15 is 0 Å². The molecular weight excluding hydrogens is 437 g/mol. The van der Waals surface area contributed by atoms with E-state index in [1.165, 1.54) is 44.9 Å². The van der Waals surface area contributed by atoms with Crippen molar-refractivity contribution in [3.8, 4) is 0 Å². The number of hydrogen-bond donors (Lipinski definition) is 0. The normalized spacial score (nSPS) is 13.4. The fraction of sp³-hybridized carbons (Fsp3) is 0.690. The number of allylic oxidation sites excluding steroid dienone is 2. The molecule has 1 rings (SSSR count). The maximum atomic E-state index is 13.4. The molecule has 0 fully saturated rings. The van der Waals surface area contributed by atoms with Crippen LogP contribution in [0.4, 0.5) is 13.2 Å². The molecule has 0 heterocycles. The van der Waals surface area contributed by atoms with Crippen LogP contribution in [0.25, 0.3) is 0 Å². The van der Waals surface area contributed by atoms with Crippen LogP contribution >= 0.6 is 0 Å². The molecule has 0 aliphatic heterocycles. The van der Waals surface area contributed by atoms with Crippen LogP contribution in [-0.4, -0.2) is 12.1 Å². The van der Waals surface area contributed by atoms with Gasteiger partial charge in [-0.2, -0.15) is 13.2 Å². The van der Waals surface area contributed by atoms with E-state index in [2.05, 4.69) is 20.8 Å². The molecule has 0 N–H and O–H groups in total. The van der Waals surface area contributed by atoms with Crippen molar-refractivity contribution in [2.45, 2.75) is 123 Å². The van der Waals surface area contributed by atoms with Gasteiger partial charge in [0.1, 0.15) is 0 Å². The van der Waals surface area contributed by atoms with Gasteiger partial charge in [-0.15, -0.1) is 0 Å². The Labute approximate surface area is 205 Å². The summed E-state index contributed by atoms with van der Waals surface area (Å²) in [5.41, 5.74) is 1.80. The smallest absolute Gasteiger partial charge is 0.421 e. The van der Waals surface area contributed by atoms with Crippen LogP contribution in [-0.2, 0) is 16.0 Å². The third kappa shape index (κ3) is 13.2. The maximum Gasteiger partial charge on any atom is 0.449 e. The lowest BCUT2D eigenvalue weighted by atomic mass is 9.97. The minimum Gasteiger partial charge on any atom is -0.421 e. The molecule has 0 spiro atoms.